The van der Waals surface area contributed by atoms with Gasteiger partial charge in [0, 0.05) is 19.5 Å². The molecule has 0 aliphatic rings. The number of fused-ring (bicyclic) bond motifs is 4. The van der Waals surface area contributed by atoms with E-state index in [2.05, 4.69) is 9.97 Å². The molecule has 7 heteroatoms. The molecule has 2 aromatic carbocycles. The molecular formula is C16H14N4O2S. The van der Waals surface area contributed by atoms with Gasteiger partial charge in [0.15, 0.2) is 5.65 Å². The van der Waals surface area contributed by atoms with Gasteiger partial charge < -0.3 is 0 Å². The third-order valence-electron chi connectivity index (χ3n) is 3.81. The second-order valence-electron chi connectivity index (χ2n) is 5.46. The second kappa shape index (κ2) is 4.74. The van der Waals surface area contributed by atoms with Gasteiger partial charge in [0.1, 0.15) is 5.52 Å². The van der Waals surface area contributed by atoms with Gasteiger partial charge in [0.2, 0.25) is 0 Å². The van der Waals surface area contributed by atoms with Gasteiger partial charge in [0.25, 0.3) is 0 Å². The largest absolute Gasteiger partial charge is 0.309 e. The first-order valence-electron chi connectivity index (χ1n) is 7.09. The Labute approximate surface area is 133 Å². The number of hydrogen-bond donors (Lipinski definition) is 0. The first-order valence-corrected chi connectivity index (χ1v) is 8.49. The van der Waals surface area contributed by atoms with E-state index in [-0.39, 0.29) is 0 Å². The third kappa shape index (κ3) is 1.94. The fraction of sp³-hybridized carbons (Fsp3) is 0.125. The van der Waals surface area contributed by atoms with Crippen molar-refractivity contribution in [1.82, 2.24) is 18.2 Å². The van der Waals surface area contributed by atoms with E-state index >= 15 is 0 Å². The highest BCUT2D eigenvalue weighted by molar-refractivity contribution is 7.87. The summed E-state index contributed by atoms with van der Waals surface area (Å²) < 4.78 is 28.0. The lowest BCUT2D eigenvalue weighted by molar-refractivity contribution is 0.514. The van der Waals surface area contributed by atoms with E-state index in [4.69, 9.17) is 0 Å². The fourth-order valence-electron chi connectivity index (χ4n) is 2.67. The SMILES string of the molecule is CN(C)S(=O)(=O)n1c2ccccc2c2nc3ccccc3nc21. The summed E-state index contributed by atoms with van der Waals surface area (Å²) in [6.45, 7) is 0. The quantitative estimate of drug-likeness (QED) is 0.567. The molecule has 0 N–H and O–H groups in total. The van der Waals surface area contributed by atoms with Crippen molar-refractivity contribution in [2.45, 2.75) is 0 Å². The zero-order valence-electron chi connectivity index (χ0n) is 12.6. The van der Waals surface area contributed by atoms with E-state index in [0.29, 0.717) is 22.2 Å². The average molecular weight is 326 g/mol. The van der Waals surface area contributed by atoms with Crippen molar-refractivity contribution in [3.8, 4) is 0 Å². The van der Waals surface area contributed by atoms with Crippen LogP contribution in [0.2, 0.25) is 0 Å². The van der Waals surface area contributed by atoms with Crippen LogP contribution >= 0.6 is 0 Å². The predicted octanol–water partition coefficient (Wildman–Crippen LogP) is 2.39. The van der Waals surface area contributed by atoms with Crippen LogP contribution in [0.3, 0.4) is 0 Å². The molecule has 0 radical (unpaired) electrons. The van der Waals surface area contributed by atoms with Crippen LogP contribution in [0.4, 0.5) is 0 Å². The van der Waals surface area contributed by atoms with Crippen LogP contribution in [0.1, 0.15) is 0 Å². The minimum atomic E-state index is -3.71. The Morgan fingerprint density at radius 2 is 1.52 bits per heavy atom. The molecule has 0 spiro atoms. The molecule has 0 bridgehead atoms. The number of nitrogens with zero attached hydrogens (tertiary/aromatic N) is 4. The van der Waals surface area contributed by atoms with Crippen molar-refractivity contribution in [2.75, 3.05) is 14.1 Å². The Morgan fingerprint density at radius 1 is 0.913 bits per heavy atom. The highest BCUT2D eigenvalue weighted by atomic mass is 32.2. The van der Waals surface area contributed by atoms with Gasteiger partial charge >= 0.3 is 10.2 Å². The standard InChI is InChI=1S/C16H14N4O2S/c1-19(2)23(21,22)20-14-10-6-3-7-11(14)15-16(20)18-13-9-5-4-8-12(13)17-15/h3-10H,1-2H3. The van der Waals surface area contributed by atoms with Crippen LogP contribution in [-0.2, 0) is 10.2 Å². The molecule has 116 valence electrons. The molecule has 2 heterocycles. The highest BCUT2D eigenvalue weighted by Gasteiger charge is 2.24. The van der Waals surface area contributed by atoms with E-state index in [1.807, 2.05) is 42.5 Å². The topological polar surface area (TPSA) is 68.1 Å². The molecule has 23 heavy (non-hydrogen) atoms. The Kier molecular flexibility index (Phi) is 2.91. The Hall–Kier alpha value is -2.51. The van der Waals surface area contributed by atoms with Crippen LogP contribution in [0.5, 0.6) is 0 Å². The van der Waals surface area contributed by atoms with E-state index in [1.165, 1.54) is 22.4 Å². The molecule has 0 saturated heterocycles. The van der Waals surface area contributed by atoms with Gasteiger partial charge in [-0.1, -0.05) is 30.3 Å². The van der Waals surface area contributed by atoms with Crippen molar-refractivity contribution in [2.24, 2.45) is 0 Å². The van der Waals surface area contributed by atoms with Gasteiger partial charge in [-0.15, -0.1) is 0 Å². The van der Waals surface area contributed by atoms with Crippen LogP contribution in [0, 0.1) is 0 Å². The molecule has 0 unspecified atom stereocenters. The molecule has 2 aromatic heterocycles. The number of para-hydroxylation sites is 3. The van der Waals surface area contributed by atoms with Crippen molar-refractivity contribution in [3.63, 3.8) is 0 Å². The van der Waals surface area contributed by atoms with Gasteiger partial charge in [-0.3, -0.25) is 0 Å². The average Bonchev–Trinajstić information content (AvgIpc) is 2.86. The maximum atomic E-state index is 12.8. The summed E-state index contributed by atoms with van der Waals surface area (Å²) in [6.07, 6.45) is 0. The van der Waals surface area contributed by atoms with Crippen LogP contribution in [0.15, 0.2) is 48.5 Å². The molecule has 6 nitrogen and oxygen atoms in total. The Bertz CT molecular complexity index is 1160. The number of benzene rings is 2. The summed E-state index contributed by atoms with van der Waals surface area (Å²) in [7, 11) is -0.699. The molecule has 4 aromatic rings. The molecule has 0 fully saturated rings. The second-order valence-corrected chi connectivity index (χ2v) is 7.45. The van der Waals surface area contributed by atoms with Crippen molar-refractivity contribution in [1.29, 1.82) is 0 Å². The lowest BCUT2D eigenvalue weighted by Crippen LogP contribution is -2.28. The van der Waals surface area contributed by atoms with Crippen LogP contribution < -0.4 is 0 Å². The zero-order valence-corrected chi connectivity index (χ0v) is 13.4. The monoisotopic (exact) mass is 326 g/mol. The molecule has 0 aliphatic carbocycles. The smallest absolute Gasteiger partial charge is 0.242 e. The number of hydrogen-bond acceptors (Lipinski definition) is 4. The highest BCUT2D eigenvalue weighted by Crippen LogP contribution is 2.29. The van der Waals surface area contributed by atoms with Crippen molar-refractivity contribution >= 4 is 43.3 Å². The molecule has 0 atom stereocenters. The molecule has 0 amide bonds. The summed E-state index contributed by atoms with van der Waals surface area (Å²) in [6, 6.07) is 14.7. The first kappa shape index (κ1) is 14.1. The van der Waals surface area contributed by atoms with Gasteiger partial charge in [-0.25, -0.2) is 13.9 Å². The minimum absolute atomic E-state index is 0.346. The van der Waals surface area contributed by atoms with Crippen molar-refractivity contribution < 1.29 is 8.42 Å². The van der Waals surface area contributed by atoms with Gasteiger partial charge in [-0.05, 0) is 18.2 Å². The Balaban J connectivity index is 2.29. The molecule has 0 aliphatic heterocycles. The van der Waals surface area contributed by atoms with Gasteiger partial charge in [0.05, 0.1) is 16.6 Å². The van der Waals surface area contributed by atoms with Crippen molar-refractivity contribution in [3.05, 3.63) is 48.5 Å². The number of rotatable bonds is 2. The van der Waals surface area contributed by atoms with E-state index in [9.17, 15) is 8.42 Å². The molecular weight excluding hydrogens is 312 g/mol. The lowest BCUT2D eigenvalue weighted by atomic mass is 10.2. The summed E-state index contributed by atoms with van der Waals surface area (Å²) >= 11 is 0. The molecule has 4 rings (SSSR count). The van der Waals surface area contributed by atoms with Gasteiger partial charge in [-0.2, -0.15) is 12.7 Å². The third-order valence-corrected chi connectivity index (χ3v) is 5.57. The molecule has 0 saturated carbocycles. The maximum absolute atomic E-state index is 12.8. The van der Waals surface area contributed by atoms with Crippen LogP contribution in [-0.4, -0.2) is 40.8 Å². The van der Waals surface area contributed by atoms with E-state index in [1.54, 1.807) is 6.07 Å². The predicted molar refractivity (Wildman–Crippen MR) is 90.5 cm³/mol. The summed E-state index contributed by atoms with van der Waals surface area (Å²) in [5.74, 6) is 0. The summed E-state index contributed by atoms with van der Waals surface area (Å²) in [5, 5.41) is 0.770. The van der Waals surface area contributed by atoms with E-state index < -0.39 is 10.2 Å². The number of aromatic nitrogens is 3. The fourth-order valence-corrected chi connectivity index (χ4v) is 3.76. The normalized spacial score (nSPS) is 12.7. The maximum Gasteiger partial charge on any atom is 0.309 e. The summed E-state index contributed by atoms with van der Waals surface area (Å²) in [5.41, 5.74) is 2.91. The van der Waals surface area contributed by atoms with Crippen LogP contribution in [0.25, 0.3) is 33.1 Å². The zero-order chi connectivity index (χ0) is 16.2. The lowest BCUT2D eigenvalue weighted by Gasteiger charge is -2.13. The summed E-state index contributed by atoms with van der Waals surface area (Å²) in [4.78, 5) is 9.19. The minimum Gasteiger partial charge on any atom is -0.242 e. The Morgan fingerprint density at radius 3 is 2.22 bits per heavy atom. The first-order chi connectivity index (χ1) is 11.0. The van der Waals surface area contributed by atoms with E-state index in [0.717, 1.165) is 10.9 Å².